The number of rotatable bonds is 9. The fraction of sp³-hybridized carbons (Fsp3) is 0.238. The van der Waals surface area contributed by atoms with Crippen molar-refractivity contribution in [1.82, 2.24) is 24.9 Å². The van der Waals surface area contributed by atoms with Crippen molar-refractivity contribution in [3.8, 4) is 23.0 Å². The van der Waals surface area contributed by atoms with Crippen molar-refractivity contribution in [1.29, 1.82) is 0 Å². The van der Waals surface area contributed by atoms with E-state index in [1.165, 1.54) is 6.07 Å². The van der Waals surface area contributed by atoms with Crippen LogP contribution in [-0.2, 0) is 13.0 Å². The van der Waals surface area contributed by atoms with Gasteiger partial charge in [0.15, 0.2) is 10.9 Å². The number of aryl methyl sites for hydroxylation is 2. The Morgan fingerprint density at radius 2 is 2.17 bits per heavy atom. The molecular formula is C21H20FN5O2S. The molecule has 0 N–H and O–H groups in total. The molecular weight excluding hydrogens is 405 g/mol. The first-order valence-corrected chi connectivity index (χ1v) is 10.4. The van der Waals surface area contributed by atoms with Crippen LogP contribution in [0.15, 0.2) is 63.3 Å². The van der Waals surface area contributed by atoms with Crippen molar-refractivity contribution < 1.29 is 13.3 Å². The van der Waals surface area contributed by atoms with Crippen molar-refractivity contribution >= 4 is 11.8 Å². The SMILES string of the molecule is C=CCn1c(SCCCc2nc(-c3ccc(C)c(F)c3)no2)nnc1-c1ccco1. The Balaban J connectivity index is 1.35. The zero-order chi connectivity index (χ0) is 20.9. The molecule has 0 unspecified atom stereocenters. The maximum atomic E-state index is 13.7. The number of hydrogen-bond acceptors (Lipinski definition) is 7. The van der Waals surface area contributed by atoms with E-state index in [1.54, 1.807) is 43.2 Å². The maximum Gasteiger partial charge on any atom is 0.226 e. The first kappa shape index (κ1) is 20.1. The van der Waals surface area contributed by atoms with Crippen LogP contribution in [0.1, 0.15) is 17.9 Å². The van der Waals surface area contributed by atoms with Crippen LogP contribution in [0.25, 0.3) is 23.0 Å². The fourth-order valence-electron chi connectivity index (χ4n) is 2.87. The summed E-state index contributed by atoms with van der Waals surface area (Å²) in [7, 11) is 0. The van der Waals surface area contributed by atoms with Crippen LogP contribution in [0.2, 0.25) is 0 Å². The normalized spacial score (nSPS) is 11.1. The zero-order valence-electron chi connectivity index (χ0n) is 16.4. The number of thioether (sulfide) groups is 1. The van der Waals surface area contributed by atoms with Crippen LogP contribution in [0, 0.1) is 12.7 Å². The molecule has 0 saturated carbocycles. The molecule has 9 heteroatoms. The molecule has 30 heavy (non-hydrogen) atoms. The summed E-state index contributed by atoms with van der Waals surface area (Å²) in [6, 6.07) is 8.58. The van der Waals surface area contributed by atoms with Gasteiger partial charge in [0.25, 0.3) is 0 Å². The van der Waals surface area contributed by atoms with Crippen molar-refractivity contribution in [2.45, 2.75) is 31.5 Å². The lowest BCUT2D eigenvalue weighted by Crippen LogP contribution is -2.00. The minimum Gasteiger partial charge on any atom is -0.461 e. The van der Waals surface area contributed by atoms with Crippen molar-refractivity contribution in [3.05, 3.63) is 66.5 Å². The highest BCUT2D eigenvalue weighted by Gasteiger charge is 2.16. The Labute approximate surface area is 177 Å². The molecule has 0 radical (unpaired) electrons. The van der Waals surface area contributed by atoms with Crippen molar-refractivity contribution in [2.24, 2.45) is 0 Å². The minimum absolute atomic E-state index is 0.284. The van der Waals surface area contributed by atoms with E-state index in [9.17, 15) is 4.39 Å². The van der Waals surface area contributed by atoms with Crippen LogP contribution in [-0.4, -0.2) is 30.7 Å². The van der Waals surface area contributed by atoms with Crippen LogP contribution < -0.4 is 0 Å². The molecule has 0 aliphatic rings. The average molecular weight is 425 g/mol. The van der Waals surface area contributed by atoms with E-state index in [2.05, 4.69) is 26.9 Å². The maximum absolute atomic E-state index is 13.7. The number of benzene rings is 1. The predicted octanol–water partition coefficient (Wildman–Crippen LogP) is 4.95. The second-order valence-corrected chi connectivity index (χ2v) is 7.67. The van der Waals surface area contributed by atoms with Crippen molar-refractivity contribution in [2.75, 3.05) is 5.75 Å². The van der Waals surface area contributed by atoms with Gasteiger partial charge in [0.05, 0.1) is 6.26 Å². The van der Waals surface area contributed by atoms with Crippen LogP contribution in [0.5, 0.6) is 0 Å². The van der Waals surface area contributed by atoms with Gasteiger partial charge < -0.3 is 8.94 Å². The monoisotopic (exact) mass is 425 g/mol. The van der Waals surface area contributed by atoms with E-state index < -0.39 is 0 Å². The largest absolute Gasteiger partial charge is 0.461 e. The molecule has 154 valence electrons. The number of hydrogen-bond donors (Lipinski definition) is 0. The van der Waals surface area contributed by atoms with E-state index in [1.807, 2.05) is 16.7 Å². The summed E-state index contributed by atoms with van der Waals surface area (Å²) < 4.78 is 26.5. The topological polar surface area (TPSA) is 82.8 Å². The van der Waals surface area contributed by atoms with Gasteiger partial charge in [-0.3, -0.25) is 4.57 Å². The standard InChI is InChI=1S/C21H20FN5O2S/c1-3-10-27-20(17-6-4-11-28-17)24-25-21(27)30-12-5-7-18-23-19(26-29-18)15-9-8-14(2)16(22)13-15/h3-4,6,8-9,11,13H,1,5,7,10,12H2,2H3. The van der Waals surface area contributed by atoms with Crippen molar-refractivity contribution in [3.63, 3.8) is 0 Å². The lowest BCUT2D eigenvalue weighted by Gasteiger charge is -2.05. The Hall–Kier alpha value is -3.20. The quantitative estimate of drug-likeness (QED) is 0.213. The minimum atomic E-state index is -0.284. The Morgan fingerprint density at radius 3 is 2.93 bits per heavy atom. The zero-order valence-corrected chi connectivity index (χ0v) is 17.2. The average Bonchev–Trinajstić information content (AvgIpc) is 3.49. The van der Waals surface area contributed by atoms with Crippen LogP contribution in [0.3, 0.4) is 0 Å². The van der Waals surface area contributed by atoms with Gasteiger partial charge in [0.2, 0.25) is 17.5 Å². The van der Waals surface area contributed by atoms with E-state index in [4.69, 9.17) is 8.94 Å². The summed E-state index contributed by atoms with van der Waals surface area (Å²) in [6.07, 6.45) is 4.84. The summed E-state index contributed by atoms with van der Waals surface area (Å²) >= 11 is 1.59. The Morgan fingerprint density at radius 1 is 1.27 bits per heavy atom. The Bertz CT molecular complexity index is 1140. The summed E-state index contributed by atoms with van der Waals surface area (Å²) in [5.41, 5.74) is 1.18. The summed E-state index contributed by atoms with van der Waals surface area (Å²) in [6.45, 7) is 6.11. The molecule has 0 aliphatic heterocycles. The molecule has 0 atom stereocenters. The second-order valence-electron chi connectivity index (χ2n) is 6.61. The molecule has 0 amide bonds. The second kappa shape index (κ2) is 9.08. The lowest BCUT2D eigenvalue weighted by molar-refractivity contribution is 0.378. The molecule has 3 heterocycles. The molecule has 0 spiro atoms. The summed E-state index contributed by atoms with van der Waals surface area (Å²) in [4.78, 5) is 4.37. The van der Waals surface area contributed by atoms with E-state index in [0.717, 1.165) is 17.3 Å². The van der Waals surface area contributed by atoms with Gasteiger partial charge >= 0.3 is 0 Å². The number of nitrogens with zero attached hydrogens (tertiary/aromatic N) is 5. The van der Waals surface area contributed by atoms with Gasteiger partial charge in [0.1, 0.15) is 5.82 Å². The third-order valence-electron chi connectivity index (χ3n) is 4.43. The predicted molar refractivity (Wildman–Crippen MR) is 111 cm³/mol. The smallest absolute Gasteiger partial charge is 0.226 e. The summed E-state index contributed by atoms with van der Waals surface area (Å²) in [5, 5.41) is 13.3. The number of aromatic nitrogens is 5. The first-order chi connectivity index (χ1) is 14.7. The molecule has 0 aliphatic carbocycles. The van der Waals surface area contributed by atoms with E-state index in [0.29, 0.717) is 47.4 Å². The highest BCUT2D eigenvalue weighted by Crippen LogP contribution is 2.25. The highest BCUT2D eigenvalue weighted by atomic mass is 32.2. The first-order valence-electron chi connectivity index (χ1n) is 9.45. The molecule has 4 rings (SSSR count). The third-order valence-corrected chi connectivity index (χ3v) is 5.49. The fourth-order valence-corrected chi connectivity index (χ4v) is 3.76. The van der Waals surface area contributed by atoms with Gasteiger partial charge in [-0.1, -0.05) is 35.1 Å². The molecule has 0 fully saturated rings. The van der Waals surface area contributed by atoms with Gasteiger partial charge in [0, 0.05) is 24.3 Å². The van der Waals surface area contributed by atoms with Crippen LogP contribution >= 0.6 is 11.8 Å². The molecule has 0 saturated heterocycles. The molecule has 0 bridgehead atoms. The molecule has 3 aromatic heterocycles. The number of allylic oxidation sites excluding steroid dienone is 1. The molecule has 4 aromatic rings. The van der Waals surface area contributed by atoms with Gasteiger partial charge in [-0.05, 0) is 37.1 Å². The lowest BCUT2D eigenvalue weighted by atomic mass is 10.1. The third kappa shape index (κ3) is 4.35. The number of halogens is 1. The number of furan rings is 1. The molecule has 1 aromatic carbocycles. The molecule has 7 nitrogen and oxygen atoms in total. The summed E-state index contributed by atoms with van der Waals surface area (Å²) in [5.74, 6) is 2.77. The highest BCUT2D eigenvalue weighted by molar-refractivity contribution is 7.99. The van der Waals surface area contributed by atoms with Gasteiger partial charge in [-0.2, -0.15) is 4.98 Å². The van der Waals surface area contributed by atoms with E-state index >= 15 is 0 Å². The van der Waals surface area contributed by atoms with E-state index in [-0.39, 0.29) is 5.82 Å². The van der Waals surface area contributed by atoms with Gasteiger partial charge in [-0.15, -0.1) is 16.8 Å². The van der Waals surface area contributed by atoms with Gasteiger partial charge in [-0.25, -0.2) is 4.39 Å². The Kier molecular flexibility index (Phi) is 6.08. The van der Waals surface area contributed by atoms with Crippen LogP contribution in [0.4, 0.5) is 4.39 Å².